The summed E-state index contributed by atoms with van der Waals surface area (Å²) in [6.45, 7) is -0.144. The molecule has 0 spiro atoms. The number of carbonyl (C=O) groups is 2. The van der Waals surface area contributed by atoms with Crippen LogP contribution in [0.1, 0.15) is 10.4 Å². The van der Waals surface area contributed by atoms with Crippen molar-refractivity contribution in [3.8, 4) is 11.5 Å². The van der Waals surface area contributed by atoms with E-state index in [0.29, 0.717) is 22.7 Å². The fraction of sp³-hybridized carbons (Fsp3) is 0.130. The van der Waals surface area contributed by atoms with Gasteiger partial charge in [0.15, 0.2) is 6.61 Å². The molecule has 148 valence electrons. The van der Waals surface area contributed by atoms with Gasteiger partial charge in [0.05, 0.1) is 7.11 Å². The summed E-state index contributed by atoms with van der Waals surface area (Å²) < 4.78 is 10.6. The van der Waals surface area contributed by atoms with Gasteiger partial charge in [-0.15, -0.1) is 0 Å². The van der Waals surface area contributed by atoms with E-state index in [2.05, 4.69) is 5.32 Å². The molecule has 0 saturated carbocycles. The van der Waals surface area contributed by atoms with E-state index in [0.717, 1.165) is 5.69 Å². The Labute approximate surface area is 169 Å². The number of hydrogen-bond donors (Lipinski definition) is 1. The molecule has 0 fully saturated rings. The van der Waals surface area contributed by atoms with Crippen LogP contribution in [-0.2, 0) is 4.79 Å². The minimum absolute atomic E-state index is 0.144. The zero-order chi connectivity index (χ0) is 20.6. The standard InChI is InChI=1S/C23H22N2O4/c1-25(19-9-4-3-5-10-19)23(27)17-7-6-8-18(15-17)24-22(26)16-29-21-13-11-20(28-2)12-14-21/h3-15H,16H2,1-2H3,(H,24,26). The number of methoxy groups -OCH3 is 1. The van der Waals surface area contributed by atoms with Crippen LogP contribution in [0, 0.1) is 0 Å². The van der Waals surface area contributed by atoms with E-state index in [-0.39, 0.29) is 18.4 Å². The van der Waals surface area contributed by atoms with E-state index in [9.17, 15) is 9.59 Å². The Hall–Kier alpha value is -3.80. The van der Waals surface area contributed by atoms with Crippen molar-refractivity contribution in [1.29, 1.82) is 0 Å². The number of nitrogens with one attached hydrogen (secondary N) is 1. The molecule has 0 aliphatic carbocycles. The Balaban J connectivity index is 1.60. The topological polar surface area (TPSA) is 67.9 Å². The number of nitrogens with zero attached hydrogens (tertiary/aromatic N) is 1. The van der Waals surface area contributed by atoms with Crippen LogP contribution in [0.25, 0.3) is 0 Å². The Bertz CT molecular complexity index is 972. The molecule has 3 rings (SSSR count). The van der Waals surface area contributed by atoms with Crippen molar-refractivity contribution in [2.24, 2.45) is 0 Å². The minimum atomic E-state index is -0.318. The van der Waals surface area contributed by atoms with Crippen LogP contribution in [0.3, 0.4) is 0 Å². The monoisotopic (exact) mass is 390 g/mol. The van der Waals surface area contributed by atoms with Gasteiger partial charge in [-0.25, -0.2) is 0 Å². The first kappa shape index (κ1) is 19.9. The lowest BCUT2D eigenvalue weighted by atomic mass is 10.1. The summed E-state index contributed by atoms with van der Waals surface area (Å²) in [6.07, 6.45) is 0. The van der Waals surface area contributed by atoms with Crippen molar-refractivity contribution < 1.29 is 19.1 Å². The summed E-state index contributed by atoms with van der Waals surface area (Å²) in [7, 11) is 3.30. The SMILES string of the molecule is COc1ccc(OCC(=O)Nc2cccc(C(=O)N(C)c3ccccc3)c2)cc1. The molecular weight excluding hydrogens is 368 g/mol. The van der Waals surface area contributed by atoms with Crippen LogP contribution in [0.2, 0.25) is 0 Å². The van der Waals surface area contributed by atoms with E-state index in [1.165, 1.54) is 0 Å². The zero-order valence-corrected chi connectivity index (χ0v) is 16.3. The van der Waals surface area contributed by atoms with Crippen LogP contribution in [0.4, 0.5) is 11.4 Å². The second kappa shape index (κ2) is 9.41. The molecule has 0 atom stereocenters. The fourth-order valence-electron chi connectivity index (χ4n) is 2.71. The largest absolute Gasteiger partial charge is 0.497 e. The first-order chi connectivity index (χ1) is 14.1. The minimum Gasteiger partial charge on any atom is -0.497 e. The van der Waals surface area contributed by atoms with Crippen molar-refractivity contribution in [3.63, 3.8) is 0 Å². The molecule has 3 aromatic carbocycles. The number of para-hydroxylation sites is 1. The normalized spacial score (nSPS) is 10.1. The van der Waals surface area contributed by atoms with Gasteiger partial charge in [-0.1, -0.05) is 24.3 Å². The number of benzene rings is 3. The number of anilines is 2. The maximum atomic E-state index is 12.7. The number of amides is 2. The van der Waals surface area contributed by atoms with Gasteiger partial charge in [-0.05, 0) is 54.6 Å². The molecule has 6 nitrogen and oxygen atoms in total. The summed E-state index contributed by atoms with van der Waals surface area (Å²) >= 11 is 0. The van der Waals surface area contributed by atoms with Crippen molar-refractivity contribution in [3.05, 3.63) is 84.4 Å². The van der Waals surface area contributed by atoms with Gasteiger partial charge in [0.2, 0.25) is 0 Å². The summed E-state index contributed by atoms with van der Waals surface area (Å²) in [6, 6.07) is 23.1. The fourth-order valence-corrected chi connectivity index (χ4v) is 2.71. The average Bonchev–Trinajstić information content (AvgIpc) is 2.78. The van der Waals surface area contributed by atoms with Crippen molar-refractivity contribution >= 4 is 23.2 Å². The first-order valence-electron chi connectivity index (χ1n) is 9.06. The Kier molecular flexibility index (Phi) is 6.47. The summed E-state index contributed by atoms with van der Waals surface area (Å²) in [5.41, 5.74) is 1.80. The predicted octanol–water partition coefficient (Wildman–Crippen LogP) is 3.99. The maximum absolute atomic E-state index is 12.7. The molecule has 0 aliphatic rings. The van der Waals surface area contributed by atoms with Crippen LogP contribution in [-0.4, -0.2) is 32.6 Å². The molecule has 0 radical (unpaired) electrons. The van der Waals surface area contributed by atoms with E-state index < -0.39 is 0 Å². The third-order valence-corrected chi connectivity index (χ3v) is 4.27. The van der Waals surface area contributed by atoms with Crippen LogP contribution in [0.15, 0.2) is 78.9 Å². The lowest BCUT2D eigenvalue weighted by molar-refractivity contribution is -0.118. The molecule has 6 heteroatoms. The Morgan fingerprint density at radius 1 is 0.897 bits per heavy atom. The van der Waals surface area contributed by atoms with E-state index in [1.54, 1.807) is 67.6 Å². The zero-order valence-electron chi connectivity index (χ0n) is 16.3. The van der Waals surface area contributed by atoms with Crippen molar-refractivity contribution in [1.82, 2.24) is 0 Å². The Morgan fingerprint density at radius 2 is 1.59 bits per heavy atom. The molecule has 0 heterocycles. The highest BCUT2D eigenvalue weighted by Gasteiger charge is 2.14. The Morgan fingerprint density at radius 3 is 2.28 bits per heavy atom. The first-order valence-corrected chi connectivity index (χ1v) is 9.06. The second-order valence-corrected chi connectivity index (χ2v) is 6.29. The van der Waals surface area contributed by atoms with Gasteiger partial charge in [0.1, 0.15) is 11.5 Å². The van der Waals surface area contributed by atoms with Gasteiger partial charge in [-0.2, -0.15) is 0 Å². The highest BCUT2D eigenvalue weighted by atomic mass is 16.5. The summed E-state index contributed by atoms with van der Waals surface area (Å²) in [5.74, 6) is 0.793. The van der Waals surface area contributed by atoms with E-state index >= 15 is 0 Å². The maximum Gasteiger partial charge on any atom is 0.262 e. The average molecular weight is 390 g/mol. The number of carbonyl (C=O) groups excluding carboxylic acids is 2. The molecule has 29 heavy (non-hydrogen) atoms. The molecule has 0 saturated heterocycles. The molecular formula is C23H22N2O4. The molecule has 0 bridgehead atoms. The van der Waals surface area contributed by atoms with E-state index in [4.69, 9.17) is 9.47 Å². The third kappa shape index (κ3) is 5.35. The summed E-state index contributed by atoms with van der Waals surface area (Å²) in [5, 5.41) is 2.75. The van der Waals surface area contributed by atoms with Gasteiger partial charge in [0.25, 0.3) is 11.8 Å². The lowest BCUT2D eigenvalue weighted by Crippen LogP contribution is -2.26. The quantitative estimate of drug-likeness (QED) is 0.662. The molecule has 3 aromatic rings. The van der Waals surface area contributed by atoms with Gasteiger partial charge in [0, 0.05) is 24.0 Å². The number of ether oxygens (including phenoxy) is 2. The van der Waals surface area contributed by atoms with Gasteiger partial charge < -0.3 is 19.7 Å². The molecule has 0 unspecified atom stereocenters. The molecule has 2 amide bonds. The van der Waals surface area contributed by atoms with Gasteiger partial charge >= 0.3 is 0 Å². The van der Waals surface area contributed by atoms with Crippen molar-refractivity contribution in [2.45, 2.75) is 0 Å². The smallest absolute Gasteiger partial charge is 0.262 e. The predicted molar refractivity (Wildman–Crippen MR) is 113 cm³/mol. The van der Waals surface area contributed by atoms with Crippen molar-refractivity contribution in [2.75, 3.05) is 31.0 Å². The van der Waals surface area contributed by atoms with Gasteiger partial charge in [-0.3, -0.25) is 9.59 Å². The molecule has 1 N–H and O–H groups in total. The van der Waals surface area contributed by atoms with E-state index in [1.807, 2.05) is 30.3 Å². The molecule has 0 aliphatic heterocycles. The third-order valence-electron chi connectivity index (χ3n) is 4.27. The second-order valence-electron chi connectivity index (χ2n) is 6.29. The number of hydrogen-bond acceptors (Lipinski definition) is 4. The van der Waals surface area contributed by atoms with Crippen LogP contribution >= 0.6 is 0 Å². The van der Waals surface area contributed by atoms with Crippen LogP contribution in [0.5, 0.6) is 11.5 Å². The lowest BCUT2D eigenvalue weighted by Gasteiger charge is -2.17. The molecule has 0 aromatic heterocycles. The van der Waals surface area contributed by atoms with Crippen LogP contribution < -0.4 is 19.7 Å². The highest BCUT2D eigenvalue weighted by molar-refractivity contribution is 6.06. The highest BCUT2D eigenvalue weighted by Crippen LogP contribution is 2.19. The summed E-state index contributed by atoms with van der Waals surface area (Å²) in [4.78, 5) is 26.5. The number of rotatable bonds is 7.